The average molecular weight is 156 g/mol. The van der Waals surface area contributed by atoms with Crippen LogP contribution in [0, 0.1) is 0 Å². The van der Waals surface area contributed by atoms with Crippen molar-refractivity contribution in [2.45, 2.75) is 18.1 Å². The van der Waals surface area contributed by atoms with Crippen molar-refractivity contribution in [2.75, 3.05) is 5.75 Å². The van der Waals surface area contributed by atoms with Crippen molar-refractivity contribution in [3.05, 3.63) is 5.82 Å². The molecule has 1 aromatic heterocycles. The van der Waals surface area contributed by atoms with Crippen LogP contribution in [0.2, 0.25) is 0 Å². The summed E-state index contributed by atoms with van der Waals surface area (Å²) >= 11 is 1.92. The predicted octanol–water partition coefficient (Wildman–Crippen LogP) is 0.768. The summed E-state index contributed by atoms with van der Waals surface area (Å²) in [7, 11) is 0. The summed E-state index contributed by atoms with van der Waals surface area (Å²) in [5, 5.41) is 14.3. The zero-order chi connectivity index (χ0) is 6.81. The van der Waals surface area contributed by atoms with E-state index in [2.05, 4.69) is 20.6 Å². The molecule has 1 aliphatic heterocycles. The number of H-pyrrole nitrogens is 1. The fourth-order valence-electron chi connectivity index (χ4n) is 1.09. The van der Waals surface area contributed by atoms with E-state index in [1.54, 1.807) is 0 Å². The van der Waals surface area contributed by atoms with Crippen molar-refractivity contribution in [1.82, 2.24) is 20.6 Å². The van der Waals surface area contributed by atoms with E-state index >= 15 is 0 Å². The lowest BCUT2D eigenvalue weighted by Crippen LogP contribution is -1.90. The molecule has 5 heteroatoms. The number of nitrogens with zero attached hydrogens (tertiary/aromatic N) is 3. The van der Waals surface area contributed by atoms with Gasteiger partial charge in [0.2, 0.25) is 0 Å². The molecular weight excluding hydrogens is 148 g/mol. The molecule has 1 aliphatic rings. The van der Waals surface area contributed by atoms with Crippen LogP contribution < -0.4 is 0 Å². The molecule has 0 saturated carbocycles. The second-order valence-electron chi connectivity index (χ2n) is 2.27. The number of thioether (sulfide) groups is 1. The van der Waals surface area contributed by atoms with Crippen LogP contribution in [0.5, 0.6) is 0 Å². The number of hydrogen-bond donors (Lipinski definition) is 1. The molecule has 0 spiro atoms. The molecule has 2 rings (SSSR count). The zero-order valence-electron chi connectivity index (χ0n) is 5.45. The number of nitrogens with one attached hydrogen (secondary N) is 1. The molecule has 0 radical (unpaired) electrons. The van der Waals surface area contributed by atoms with Gasteiger partial charge in [0.25, 0.3) is 0 Å². The lowest BCUT2D eigenvalue weighted by Gasteiger charge is -1.98. The summed E-state index contributed by atoms with van der Waals surface area (Å²) in [5.74, 6) is 2.10. The van der Waals surface area contributed by atoms with Gasteiger partial charge in [0.1, 0.15) is 0 Å². The molecule has 1 fully saturated rings. The maximum absolute atomic E-state index is 3.93. The molecule has 1 atom stereocenters. The van der Waals surface area contributed by atoms with Crippen molar-refractivity contribution in [1.29, 1.82) is 0 Å². The molecule has 1 aromatic rings. The molecule has 1 unspecified atom stereocenters. The van der Waals surface area contributed by atoms with Gasteiger partial charge in [-0.3, -0.25) is 0 Å². The largest absolute Gasteiger partial charge is 0.187 e. The van der Waals surface area contributed by atoms with E-state index in [1.807, 2.05) is 11.8 Å². The minimum Gasteiger partial charge on any atom is -0.177 e. The lowest BCUT2D eigenvalue weighted by molar-refractivity contribution is 0.780. The Kier molecular flexibility index (Phi) is 1.58. The Hall–Kier alpha value is -0.580. The normalized spacial score (nSPS) is 25.4. The molecular formula is C5H8N4S. The molecule has 1 saturated heterocycles. The first-order valence-corrected chi connectivity index (χ1v) is 4.36. The molecule has 0 aromatic carbocycles. The Morgan fingerprint density at radius 3 is 3.20 bits per heavy atom. The number of rotatable bonds is 1. The third-order valence-electron chi connectivity index (χ3n) is 1.58. The predicted molar refractivity (Wildman–Crippen MR) is 38.6 cm³/mol. The van der Waals surface area contributed by atoms with E-state index in [0.29, 0.717) is 5.25 Å². The van der Waals surface area contributed by atoms with E-state index in [9.17, 15) is 0 Å². The van der Waals surface area contributed by atoms with Crippen LogP contribution >= 0.6 is 11.8 Å². The van der Waals surface area contributed by atoms with Crippen molar-refractivity contribution in [3.63, 3.8) is 0 Å². The molecule has 4 nitrogen and oxygen atoms in total. The highest BCUT2D eigenvalue weighted by Crippen LogP contribution is 2.37. The Labute approximate surface area is 62.8 Å². The van der Waals surface area contributed by atoms with Crippen LogP contribution in [-0.2, 0) is 0 Å². The van der Waals surface area contributed by atoms with Gasteiger partial charge in [-0.05, 0) is 18.6 Å². The van der Waals surface area contributed by atoms with E-state index in [-0.39, 0.29) is 0 Å². The van der Waals surface area contributed by atoms with Gasteiger partial charge in [0, 0.05) is 0 Å². The van der Waals surface area contributed by atoms with Crippen molar-refractivity contribution in [2.24, 2.45) is 0 Å². The SMILES string of the molecule is C1CSC(c2nn[nH]n2)C1. The number of aromatic amines is 1. The monoisotopic (exact) mass is 156 g/mol. The maximum Gasteiger partial charge on any atom is 0.187 e. The quantitative estimate of drug-likeness (QED) is 0.652. The second-order valence-corrected chi connectivity index (χ2v) is 3.58. The van der Waals surface area contributed by atoms with Gasteiger partial charge < -0.3 is 0 Å². The highest BCUT2D eigenvalue weighted by atomic mass is 32.2. The summed E-state index contributed by atoms with van der Waals surface area (Å²) in [6, 6.07) is 0. The Morgan fingerprint density at radius 1 is 1.60 bits per heavy atom. The molecule has 0 amide bonds. The van der Waals surface area contributed by atoms with Crippen molar-refractivity contribution >= 4 is 11.8 Å². The fraction of sp³-hybridized carbons (Fsp3) is 0.800. The molecule has 0 aliphatic carbocycles. The Morgan fingerprint density at radius 2 is 2.60 bits per heavy atom. The van der Waals surface area contributed by atoms with Crippen LogP contribution in [0.4, 0.5) is 0 Å². The third-order valence-corrected chi connectivity index (χ3v) is 2.95. The fourth-order valence-corrected chi connectivity index (χ4v) is 2.29. The number of tetrazole rings is 1. The molecule has 10 heavy (non-hydrogen) atoms. The molecule has 0 bridgehead atoms. The third kappa shape index (κ3) is 1.01. The topological polar surface area (TPSA) is 54.5 Å². The number of aromatic nitrogens is 4. The summed E-state index contributed by atoms with van der Waals surface area (Å²) < 4.78 is 0. The van der Waals surface area contributed by atoms with Gasteiger partial charge in [-0.15, -0.1) is 10.2 Å². The molecule has 1 N–H and O–H groups in total. The van der Waals surface area contributed by atoms with Gasteiger partial charge in [-0.2, -0.15) is 17.0 Å². The summed E-state index contributed by atoms with van der Waals surface area (Å²) in [5.41, 5.74) is 0. The Bertz CT molecular complexity index is 191. The van der Waals surface area contributed by atoms with E-state index in [0.717, 1.165) is 5.82 Å². The lowest BCUT2D eigenvalue weighted by atomic mass is 10.2. The van der Waals surface area contributed by atoms with Gasteiger partial charge in [0.15, 0.2) is 5.82 Å². The highest BCUT2D eigenvalue weighted by Gasteiger charge is 2.20. The van der Waals surface area contributed by atoms with Crippen LogP contribution in [-0.4, -0.2) is 26.4 Å². The molecule has 2 heterocycles. The van der Waals surface area contributed by atoms with Crippen LogP contribution in [0.15, 0.2) is 0 Å². The smallest absolute Gasteiger partial charge is 0.177 e. The van der Waals surface area contributed by atoms with Crippen LogP contribution in [0.3, 0.4) is 0 Å². The van der Waals surface area contributed by atoms with E-state index in [1.165, 1.54) is 18.6 Å². The summed E-state index contributed by atoms with van der Waals surface area (Å²) in [4.78, 5) is 0. The second kappa shape index (κ2) is 2.57. The zero-order valence-corrected chi connectivity index (χ0v) is 6.27. The highest BCUT2D eigenvalue weighted by molar-refractivity contribution is 7.99. The standard InChI is InChI=1S/C5H8N4S/c1-2-4(10-3-1)5-6-8-9-7-5/h4H,1-3H2,(H,6,7,8,9). The first-order valence-electron chi connectivity index (χ1n) is 3.32. The Balaban J connectivity index is 2.12. The van der Waals surface area contributed by atoms with Gasteiger partial charge >= 0.3 is 0 Å². The average Bonchev–Trinajstić information content (AvgIpc) is 2.59. The van der Waals surface area contributed by atoms with E-state index < -0.39 is 0 Å². The van der Waals surface area contributed by atoms with Gasteiger partial charge in [-0.1, -0.05) is 5.21 Å². The van der Waals surface area contributed by atoms with Crippen molar-refractivity contribution < 1.29 is 0 Å². The summed E-state index contributed by atoms with van der Waals surface area (Å²) in [6.45, 7) is 0. The first kappa shape index (κ1) is 6.15. The summed E-state index contributed by atoms with van der Waals surface area (Å²) in [6.07, 6.45) is 2.48. The van der Waals surface area contributed by atoms with Crippen LogP contribution in [0.1, 0.15) is 23.9 Å². The first-order chi connectivity index (χ1) is 4.97. The van der Waals surface area contributed by atoms with Crippen molar-refractivity contribution in [3.8, 4) is 0 Å². The van der Waals surface area contributed by atoms with Gasteiger partial charge in [-0.25, -0.2) is 0 Å². The van der Waals surface area contributed by atoms with Gasteiger partial charge in [0.05, 0.1) is 5.25 Å². The van der Waals surface area contributed by atoms with Crippen LogP contribution in [0.25, 0.3) is 0 Å². The minimum absolute atomic E-state index is 0.499. The molecule has 54 valence electrons. The maximum atomic E-state index is 3.93. The minimum atomic E-state index is 0.499. The number of hydrogen-bond acceptors (Lipinski definition) is 4. The van der Waals surface area contributed by atoms with E-state index in [4.69, 9.17) is 0 Å².